The fourth-order valence-corrected chi connectivity index (χ4v) is 3.54. The molecule has 1 rings (SSSR count). The molecule has 0 aromatic carbocycles. The van der Waals surface area contributed by atoms with Gasteiger partial charge in [-0.3, -0.25) is 0 Å². The summed E-state index contributed by atoms with van der Waals surface area (Å²) in [5.41, 5.74) is 0. The number of carboxylic acid groups (broad SMARTS) is 1. The maximum atomic E-state index is 12.0. The van der Waals surface area contributed by atoms with Crippen LogP contribution in [-0.4, -0.2) is 54.4 Å². The Morgan fingerprint density at radius 1 is 1.38 bits per heavy atom. The molecule has 0 bridgehead atoms. The first-order valence-electron chi connectivity index (χ1n) is 7.40. The zero-order valence-electron chi connectivity index (χ0n) is 12.8. The summed E-state index contributed by atoms with van der Waals surface area (Å²) in [6.07, 6.45) is 7.38. The minimum Gasteiger partial charge on any atom is -0.480 e. The van der Waals surface area contributed by atoms with Crippen molar-refractivity contribution in [2.45, 2.75) is 55.9 Å². The smallest absolute Gasteiger partial charge is 0.326 e. The highest BCUT2D eigenvalue weighted by Crippen LogP contribution is 2.27. The average molecular weight is 318 g/mol. The van der Waals surface area contributed by atoms with E-state index in [1.807, 2.05) is 6.26 Å². The number of rotatable bonds is 8. The zero-order valence-corrected chi connectivity index (χ0v) is 13.6. The molecule has 2 amide bonds. The van der Waals surface area contributed by atoms with Gasteiger partial charge in [0.1, 0.15) is 6.04 Å². The Kier molecular flexibility index (Phi) is 8.52. The second-order valence-corrected chi connectivity index (χ2v) is 6.39. The summed E-state index contributed by atoms with van der Waals surface area (Å²) in [7, 11) is 1.57. The second-order valence-electron chi connectivity index (χ2n) is 5.31. The van der Waals surface area contributed by atoms with Crippen molar-refractivity contribution in [3.8, 4) is 0 Å². The number of carboxylic acids is 1. The number of thioether (sulfide) groups is 1. The molecule has 3 N–H and O–H groups in total. The normalized spacial score (nSPS) is 23.3. The van der Waals surface area contributed by atoms with Gasteiger partial charge >= 0.3 is 12.0 Å². The van der Waals surface area contributed by atoms with Crippen LogP contribution in [0.4, 0.5) is 4.79 Å². The number of amides is 2. The van der Waals surface area contributed by atoms with Crippen molar-refractivity contribution in [2.24, 2.45) is 0 Å². The maximum absolute atomic E-state index is 12.0. The number of aliphatic carboxylic acids is 1. The molecule has 6 nitrogen and oxygen atoms in total. The molecule has 0 radical (unpaired) electrons. The van der Waals surface area contributed by atoms with Crippen molar-refractivity contribution >= 4 is 23.8 Å². The first-order valence-corrected chi connectivity index (χ1v) is 8.68. The molecular weight excluding hydrogens is 292 g/mol. The van der Waals surface area contributed by atoms with Gasteiger partial charge in [-0.2, -0.15) is 11.8 Å². The van der Waals surface area contributed by atoms with Gasteiger partial charge in [0.25, 0.3) is 0 Å². The van der Waals surface area contributed by atoms with Crippen LogP contribution < -0.4 is 10.6 Å². The van der Waals surface area contributed by atoms with Crippen LogP contribution in [0.2, 0.25) is 0 Å². The molecule has 1 aliphatic rings. The Morgan fingerprint density at radius 3 is 2.71 bits per heavy atom. The molecule has 1 aliphatic carbocycles. The number of hydrogen-bond acceptors (Lipinski definition) is 4. The topological polar surface area (TPSA) is 87.7 Å². The van der Waals surface area contributed by atoms with Crippen LogP contribution in [0.15, 0.2) is 0 Å². The molecule has 0 aliphatic heterocycles. The van der Waals surface area contributed by atoms with Crippen LogP contribution in [0, 0.1) is 0 Å². The molecule has 0 heterocycles. The Labute approximate surface area is 130 Å². The second kappa shape index (κ2) is 9.89. The highest BCUT2D eigenvalue weighted by Gasteiger charge is 2.27. The Hall–Kier alpha value is -0.950. The number of ether oxygens (including phenoxy) is 1. The minimum absolute atomic E-state index is 0.127. The van der Waals surface area contributed by atoms with E-state index in [4.69, 9.17) is 9.84 Å². The average Bonchev–Trinajstić information content (AvgIpc) is 2.46. The van der Waals surface area contributed by atoms with Gasteiger partial charge in [-0.05, 0) is 31.9 Å². The van der Waals surface area contributed by atoms with Crippen molar-refractivity contribution in [3.05, 3.63) is 0 Å². The summed E-state index contributed by atoms with van der Waals surface area (Å²) in [6, 6.07) is -1.12. The summed E-state index contributed by atoms with van der Waals surface area (Å²) in [5, 5.41) is 15.0. The largest absolute Gasteiger partial charge is 0.480 e. The van der Waals surface area contributed by atoms with E-state index in [2.05, 4.69) is 10.6 Å². The SMILES string of the molecule is COCCCC(NC(=O)NC1CCCCC1SC)C(=O)O. The van der Waals surface area contributed by atoms with Crippen molar-refractivity contribution in [3.63, 3.8) is 0 Å². The Morgan fingerprint density at radius 2 is 2.10 bits per heavy atom. The maximum Gasteiger partial charge on any atom is 0.326 e. The molecule has 0 aromatic rings. The summed E-state index contributed by atoms with van der Waals surface area (Å²) in [4.78, 5) is 23.1. The molecule has 0 aromatic heterocycles. The molecule has 0 saturated heterocycles. The van der Waals surface area contributed by atoms with E-state index in [1.165, 1.54) is 6.42 Å². The number of methoxy groups -OCH3 is 1. The van der Waals surface area contributed by atoms with Gasteiger partial charge in [-0.25, -0.2) is 9.59 Å². The fourth-order valence-electron chi connectivity index (χ4n) is 2.60. The summed E-state index contributed by atoms with van der Waals surface area (Å²) >= 11 is 1.76. The predicted octanol–water partition coefficient (Wildman–Crippen LogP) is 1.84. The lowest BCUT2D eigenvalue weighted by molar-refractivity contribution is -0.139. The van der Waals surface area contributed by atoms with Gasteiger partial charge in [0.15, 0.2) is 0 Å². The highest BCUT2D eigenvalue weighted by molar-refractivity contribution is 7.99. The first-order chi connectivity index (χ1) is 10.1. The first kappa shape index (κ1) is 18.1. The van der Waals surface area contributed by atoms with E-state index in [9.17, 15) is 9.59 Å². The van der Waals surface area contributed by atoms with Crippen molar-refractivity contribution < 1.29 is 19.4 Å². The summed E-state index contributed by atoms with van der Waals surface area (Å²) < 4.78 is 4.90. The van der Waals surface area contributed by atoms with Crippen LogP contribution in [0.25, 0.3) is 0 Å². The van der Waals surface area contributed by atoms with Gasteiger partial charge in [0.2, 0.25) is 0 Å². The lowest BCUT2D eigenvalue weighted by Gasteiger charge is -2.31. The molecule has 1 saturated carbocycles. The molecule has 0 spiro atoms. The van der Waals surface area contributed by atoms with Crippen LogP contribution >= 0.6 is 11.8 Å². The number of hydrogen-bond donors (Lipinski definition) is 3. The fraction of sp³-hybridized carbons (Fsp3) is 0.857. The van der Waals surface area contributed by atoms with Gasteiger partial charge in [0, 0.05) is 25.0 Å². The lowest BCUT2D eigenvalue weighted by Crippen LogP contribution is -2.52. The van der Waals surface area contributed by atoms with Gasteiger partial charge < -0.3 is 20.5 Å². The molecule has 21 heavy (non-hydrogen) atoms. The molecule has 3 atom stereocenters. The lowest BCUT2D eigenvalue weighted by atomic mass is 9.95. The highest BCUT2D eigenvalue weighted by atomic mass is 32.2. The molecular formula is C14H26N2O4S. The Bertz CT molecular complexity index is 341. The molecule has 1 fully saturated rings. The van der Waals surface area contributed by atoms with E-state index >= 15 is 0 Å². The number of carbonyl (C=O) groups is 2. The molecule has 3 unspecified atom stereocenters. The quantitative estimate of drug-likeness (QED) is 0.594. The van der Waals surface area contributed by atoms with Crippen molar-refractivity contribution in [1.29, 1.82) is 0 Å². The van der Waals surface area contributed by atoms with Crippen LogP contribution in [0.1, 0.15) is 38.5 Å². The van der Waals surface area contributed by atoms with E-state index in [1.54, 1.807) is 18.9 Å². The van der Waals surface area contributed by atoms with Gasteiger partial charge in [-0.15, -0.1) is 0 Å². The van der Waals surface area contributed by atoms with Gasteiger partial charge in [-0.1, -0.05) is 12.8 Å². The van der Waals surface area contributed by atoms with Crippen LogP contribution in [0.3, 0.4) is 0 Å². The molecule has 122 valence electrons. The standard InChI is InChI=1S/C14H26N2O4S/c1-20-9-5-7-11(13(17)18)16-14(19)15-10-6-3-4-8-12(10)21-2/h10-12H,3-9H2,1-2H3,(H,17,18)(H2,15,16,19). The van der Waals surface area contributed by atoms with Crippen LogP contribution in [0.5, 0.6) is 0 Å². The number of nitrogens with one attached hydrogen (secondary N) is 2. The minimum atomic E-state index is -1.01. The zero-order chi connectivity index (χ0) is 15.7. The van der Waals surface area contributed by atoms with E-state index < -0.39 is 12.0 Å². The van der Waals surface area contributed by atoms with Crippen molar-refractivity contribution in [1.82, 2.24) is 10.6 Å². The molecule has 7 heteroatoms. The van der Waals surface area contributed by atoms with Crippen LogP contribution in [-0.2, 0) is 9.53 Å². The number of carbonyl (C=O) groups excluding carboxylic acids is 1. The monoisotopic (exact) mass is 318 g/mol. The Balaban J connectivity index is 2.43. The summed E-state index contributed by atoms with van der Waals surface area (Å²) in [6.45, 7) is 0.490. The van der Waals surface area contributed by atoms with Crippen molar-refractivity contribution in [2.75, 3.05) is 20.0 Å². The van der Waals surface area contributed by atoms with Gasteiger partial charge in [0.05, 0.1) is 0 Å². The van der Waals surface area contributed by atoms with E-state index in [0.29, 0.717) is 24.7 Å². The third-order valence-corrected chi connectivity index (χ3v) is 4.94. The third-order valence-electron chi connectivity index (χ3n) is 3.77. The predicted molar refractivity (Wildman–Crippen MR) is 83.8 cm³/mol. The van der Waals surface area contributed by atoms with E-state index in [-0.39, 0.29) is 12.1 Å². The number of urea groups is 1. The summed E-state index contributed by atoms with van der Waals surface area (Å²) in [5.74, 6) is -1.01. The third kappa shape index (κ3) is 6.56. The van der Waals surface area contributed by atoms with E-state index in [0.717, 1.165) is 19.3 Å².